The molecule has 0 radical (unpaired) electrons. The number of methoxy groups -OCH3 is 1. The molecule has 7 heteroatoms. The highest BCUT2D eigenvalue weighted by Crippen LogP contribution is 2.19. The quantitative estimate of drug-likeness (QED) is 0.843. The number of hydrogen-bond acceptors (Lipinski definition) is 5. The number of aryl methyl sites for hydroxylation is 1. The monoisotopic (exact) mass is 304 g/mol. The summed E-state index contributed by atoms with van der Waals surface area (Å²) in [7, 11) is 1.52. The molecule has 1 aromatic carbocycles. The Balaban J connectivity index is 2.21. The van der Waals surface area contributed by atoms with Gasteiger partial charge in [0.2, 0.25) is 0 Å². The fourth-order valence-electron chi connectivity index (χ4n) is 1.99. The molecule has 0 bridgehead atoms. The number of carboxylic acid groups (broad SMARTS) is 1. The number of hydrogen-bond donors (Lipinski definition) is 2. The van der Waals surface area contributed by atoms with E-state index in [0.29, 0.717) is 23.5 Å². The molecule has 0 aliphatic carbocycles. The molecule has 1 atom stereocenters. The summed E-state index contributed by atoms with van der Waals surface area (Å²) < 4.78 is 10.1. The second kappa shape index (κ2) is 6.75. The van der Waals surface area contributed by atoms with Crippen molar-refractivity contribution in [3.63, 3.8) is 0 Å². The average molecular weight is 304 g/mol. The minimum absolute atomic E-state index is 0.0993. The Hall–Kier alpha value is -2.83. The van der Waals surface area contributed by atoms with Crippen LogP contribution >= 0.6 is 0 Å². The van der Waals surface area contributed by atoms with Crippen molar-refractivity contribution in [3.05, 3.63) is 47.7 Å². The third-order valence-corrected chi connectivity index (χ3v) is 3.15. The van der Waals surface area contributed by atoms with E-state index in [9.17, 15) is 14.7 Å². The van der Waals surface area contributed by atoms with Crippen LogP contribution in [0.3, 0.4) is 0 Å². The standard InChI is InChI=1S/C15H16N2O5/c1-3-11-13(16-8-22-11)14(18)17-12(15(19)20)9-4-6-10(21-2)7-5-9/h4-8,12H,3H2,1-2H3,(H,17,18)(H,19,20). The van der Waals surface area contributed by atoms with Gasteiger partial charge in [0.05, 0.1) is 7.11 Å². The highest BCUT2D eigenvalue weighted by Gasteiger charge is 2.25. The van der Waals surface area contributed by atoms with E-state index in [4.69, 9.17) is 9.15 Å². The number of carboxylic acids is 1. The molecule has 2 N–H and O–H groups in total. The van der Waals surface area contributed by atoms with E-state index in [1.165, 1.54) is 7.11 Å². The van der Waals surface area contributed by atoms with Crippen molar-refractivity contribution < 1.29 is 23.8 Å². The summed E-state index contributed by atoms with van der Waals surface area (Å²) in [6, 6.07) is 5.25. The van der Waals surface area contributed by atoms with E-state index in [-0.39, 0.29) is 5.69 Å². The van der Waals surface area contributed by atoms with Crippen LogP contribution in [-0.2, 0) is 11.2 Å². The molecule has 2 rings (SSSR count). The topological polar surface area (TPSA) is 102 Å². The predicted octanol–water partition coefficient (Wildman–Crippen LogP) is 1.80. The van der Waals surface area contributed by atoms with Gasteiger partial charge in [-0.3, -0.25) is 4.79 Å². The lowest BCUT2D eigenvalue weighted by atomic mass is 10.1. The Morgan fingerprint density at radius 3 is 2.59 bits per heavy atom. The summed E-state index contributed by atoms with van der Waals surface area (Å²) in [5.41, 5.74) is 0.533. The lowest BCUT2D eigenvalue weighted by Gasteiger charge is -2.14. The van der Waals surface area contributed by atoms with Gasteiger partial charge in [0.1, 0.15) is 11.5 Å². The molecule has 0 saturated heterocycles. The van der Waals surface area contributed by atoms with Crippen molar-refractivity contribution in [3.8, 4) is 5.75 Å². The zero-order valence-electron chi connectivity index (χ0n) is 12.2. The molecular weight excluding hydrogens is 288 g/mol. The molecule has 1 amide bonds. The lowest BCUT2D eigenvalue weighted by molar-refractivity contribution is -0.139. The maximum absolute atomic E-state index is 12.2. The Morgan fingerprint density at radius 2 is 2.05 bits per heavy atom. The molecule has 0 spiro atoms. The fraction of sp³-hybridized carbons (Fsp3) is 0.267. The van der Waals surface area contributed by atoms with Gasteiger partial charge >= 0.3 is 5.97 Å². The number of ether oxygens (including phenoxy) is 1. The first kappa shape index (κ1) is 15.6. The van der Waals surface area contributed by atoms with Gasteiger partial charge < -0.3 is 19.6 Å². The minimum Gasteiger partial charge on any atom is -0.497 e. The van der Waals surface area contributed by atoms with Crippen LogP contribution in [0.4, 0.5) is 0 Å². The van der Waals surface area contributed by atoms with Crippen LogP contribution in [0.2, 0.25) is 0 Å². The normalized spacial score (nSPS) is 11.7. The molecule has 2 aromatic rings. The molecule has 0 fully saturated rings. The molecule has 0 aliphatic heterocycles. The van der Waals surface area contributed by atoms with Crippen molar-refractivity contribution in [1.29, 1.82) is 0 Å². The molecule has 0 saturated carbocycles. The zero-order valence-corrected chi connectivity index (χ0v) is 12.2. The second-order valence-corrected chi connectivity index (χ2v) is 4.50. The van der Waals surface area contributed by atoms with Crippen molar-refractivity contribution in [2.75, 3.05) is 7.11 Å². The van der Waals surface area contributed by atoms with E-state index in [2.05, 4.69) is 10.3 Å². The van der Waals surface area contributed by atoms with Crippen molar-refractivity contribution in [1.82, 2.24) is 10.3 Å². The van der Waals surface area contributed by atoms with Crippen molar-refractivity contribution in [2.45, 2.75) is 19.4 Å². The van der Waals surface area contributed by atoms with Crippen LogP contribution in [0, 0.1) is 0 Å². The van der Waals surface area contributed by atoms with Gasteiger partial charge in [0.15, 0.2) is 18.1 Å². The first-order valence-corrected chi connectivity index (χ1v) is 6.66. The lowest BCUT2D eigenvalue weighted by Crippen LogP contribution is -2.34. The summed E-state index contributed by atoms with van der Waals surface area (Å²) in [4.78, 5) is 27.4. The second-order valence-electron chi connectivity index (χ2n) is 4.50. The Morgan fingerprint density at radius 1 is 1.36 bits per heavy atom. The Labute approximate surface area is 126 Å². The van der Waals surface area contributed by atoms with Gasteiger partial charge in [-0.15, -0.1) is 0 Å². The number of carbonyl (C=O) groups is 2. The molecule has 1 heterocycles. The van der Waals surface area contributed by atoms with Gasteiger partial charge in [0.25, 0.3) is 5.91 Å². The van der Waals surface area contributed by atoms with E-state index in [1.807, 2.05) is 6.92 Å². The predicted molar refractivity (Wildman–Crippen MR) is 76.7 cm³/mol. The van der Waals surface area contributed by atoms with Gasteiger partial charge in [-0.25, -0.2) is 9.78 Å². The summed E-state index contributed by atoms with van der Waals surface area (Å²) in [6.45, 7) is 1.81. The summed E-state index contributed by atoms with van der Waals surface area (Å²) in [6.07, 6.45) is 1.65. The molecule has 1 aromatic heterocycles. The summed E-state index contributed by atoms with van der Waals surface area (Å²) in [5, 5.41) is 11.8. The van der Waals surface area contributed by atoms with Crippen LogP contribution in [-0.4, -0.2) is 29.1 Å². The van der Waals surface area contributed by atoms with E-state index >= 15 is 0 Å². The van der Waals surface area contributed by atoms with E-state index in [0.717, 1.165) is 6.39 Å². The molecule has 7 nitrogen and oxygen atoms in total. The third kappa shape index (κ3) is 3.25. The molecular formula is C15H16N2O5. The number of aromatic nitrogens is 1. The summed E-state index contributed by atoms with van der Waals surface area (Å²) in [5.74, 6) is -0.741. The first-order chi connectivity index (χ1) is 10.6. The number of carbonyl (C=O) groups excluding carboxylic acids is 1. The maximum Gasteiger partial charge on any atom is 0.330 e. The number of nitrogens with one attached hydrogen (secondary N) is 1. The van der Waals surface area contributed by atoms with Gasteiger partial charge in [-0.05, 0) is 17.7 Å². The van der Waals surface area contributed by atoms with Crippen LogP contribution in [0.5, 0.6) is 5.75 Å². The summed E-state index contributed by atoms with van der Waals surface area (Å²) >= 11 is 0. The number of rotatable bonds is 6. The number of benzene rings is 1. The SMILES string of the molecule is CCc1ocnc1C(=O)NC(C(=O)O)c1ccc(OC)cc1. The Kier molecular flexibility index (Phi) is 4.77. The highest BCUT2D eigenvalue weighted by atomic mass is 16.5. The molecule has 0 aliphatic rings. The third-order valence-electron chi connectivity index (χ3n) is 3.15. The van der Waals surface area contributed by atoms with Crippen LogP contribution in [0.15, 0.2) is 35.1 Å². The molecule has 22 heavy (non-hydrogen) atoms. The molecule has 1 unspecified atom stereocenters. The number of nitrogens with zero attached hydrogens (tertiary/aromatic N) is 1. The number of oxazole rings is 1. The van der Waals surface area contributed by atoms with E-state index < -0.39 is 17.9 Å². The van der Waals surface area contributed by atoms with Gasteiger partial charge in [-0.1, -0.05) is 19.1 Å². The van der Waals surface area contributed by atoms with Gasteiger partial charge in [0, 0.05) is 6.42 Å². The smallest absolute Gasteiger partial charge is 0.330 e. The van der Waals surface area contributed by atoms with Crippen LogP contribution < -0.4 is 10.1 Å². The zero-order chi connectivity index (χ0) is 16.1. The highest BCUT2D eigenvalue weighted by molar-refractivity contribution is 5.96. The first-order valence-electron chi connectivity index (χ1n) is 6.66. The van der Waals surface area contributed by atoms with Crippen molar-refractivity contribution in [2.24, 2.45) is 0 Å². The number of amides is 1. The Bertz CT molecular complexity index is 663. The van der Waals surface area contributed by atoms with Crippen molar-refractivity contribution >= 4 is 11.9 Å². The largest absolute Gasteiger partial charge is 0.497 e. The minimum atomic E-state index is -1.18. The molecule has 116 valence electrons. The van der Waals surface area contributed by atoms with Crippen LogP contribution in [0.1, 0.15) is 34.8 Å². The van der Waals surface area contributed by atoms with Gasteiger partial charge in [-0.2, -0.15) is 0 Å². The van der Waals surface area contributed by atoms with E-state index in [1.54, 1.807) is 24.3 Å². The number of aliphatic carboxylic acids is 1. The maximum atomic E-state index is 12.2. The fourth-order valence-corrected chi connectivity index (χ4v) is 1.99. The van der Waals surface area contributed by atoms with Crippen LogP contribution in [0.25, 0.3) is 0 Å². The average Bonchev–Trinajstić information content (AvgIpc) is 3.01.